The molecule has 0 atom stereocenters. The van der Waals surface area contributed by atoms with E-state index in [1.54, 1.807) is 26.0 Å². The first-order valence-electron chi connectivity index (χ1n) is 8.93. The fraction of sp³-hybridized carbons (Fsp3) is 0.200. The number of furan rings is 1. The van der Waals surface area contributed by atoms with E-state index in [1.807, 2.05) is 36.4 Å². The molecule has 0 bridgehead atoms. The van der Waals surface area contributed by atoms with Crippen LogP contribution in [0.25, 0.3) is 17.4 Å². The predicted molar refractivity (Wildman–Crippen MR) is 113 cm³/mol. The summed E-state index contributed by atoms with van der Waals surface area (Å²) < 4.78 is 33.9. The van der Waals surface area contributed by atoms with Gasteiger partial charge in [-0.15, -0.1) is 0 Å². The molecule has 1 amide bonds. The summed E-state index contributed by atoms with van der Waals surface area (Å²) in [5, 5.41) is 11.4. The molecule has 154 valence electrons. The summed E-state index contributed by atoms with van der Waals surface area (Å²) in [5.41, 5.74) is 0.648. The van der Waals surface area contributed by atoms with E-state index in [9.17, 15) is 18.5 Å². The predicted octanol–water partition coefficient (Wildman–Crippen LogP) is 3.77. The first-order valence-corrected chi connectivity index (χ1v) is 11.4. The number of nitrogens with one attached hydrogen (secondary N) is 1. The summed E-state index contributed by atoms with van der Waals surface area (Å²) in [6, 6.07) is 14.6. The molecule has 0 saturated carbocycles. The van der Waals surface area contributed by atoms with Crippen LogP contribution >= 0.6 is 11.5 Å². The maximum Gasteiger partial charge on any atom is 0.268 e. The molecule has 0 aliphatic rings. The van der Waals surface area contributed by atoms with E-state index >= 15 is 0 Å². The van der Waals surface area contributed by atoms with Crippen LogP contribution in [0, 0.1) is 17.2 Å². The van der Waals surface area contributed by atoms with E-state index in [2.05, 4.69) is 14.7 Å². The van der Waals surface area contributed by atoms with Crippen molar-refractivity contribution in [3.05, 3.63) is 53.8 Å². The number of aromatic nitrogens is 2. The normalized spacial score (nSPS) is 12.0. The molecule has 2 heterocycles. The Hall–Kier alpha value is -3.29. The van der Waals surface area contributed by atoms with Crippen LogP contribution in [0.15, 0.2) is 57.6 Å². The summed E-state index contributed by atoms with van der Waals surface area (Å²) in [7, 11) is -3.63. The molecule has 10 heteroatoms. The molecule has 0 saturated heterocycles. The Morgan fingerprint density at radius 3 is 2.67 bits per heavy atom. The molecule has 30 heavy (non-hydrogen) atoms. The van der Waals surface area contributed by atoms with Gasteiger partial charge in [-0.05, 0) is 18.1 Å². The van der Waals surface area contributed by atoms with Gasteiger partial charge in [-0.1, -0.05) is 44.2 Å². The van der Waals surface area contributed by atoms with Crippen molar-refractivity contribution in [1.29, 1.82) is 5.26 Å². The lowest BCUT2D eigenvalue weighted by Crippen LogP contribution is -2.15. The number of nitriles is 1. The zero-order chi connectivity index (χ0) is 21.7. The average Bonchev–Trinajstić information content (AvgIpc) is 3.36. The molecule has 0 unspecified atom stereocenters. The second-order valence-corrected chi connectivity index (χ2v) is 9.43. The van der Waals surface area contributed by atoms with E-state index in [1.165, 1.54) is 6.08 Å². The molecule has 1 N–H and O–H groups in total. The smallest absolute Gasteiger partial charge is 0.268 e. The van der Waals surface area contributed by atoms with Crippen LogP contribution in [0.2, 0.25) is 0 Å². The second-order valence-electron chi connectivity index (χ2n) is 6.75. The Morgan fingerprint density at radius 2 is 2.00 bits per heavy atom. The molecule has 0 aliphatic heterocycles. The molecule has 0 fully saturated rings. The highest BCUT2D eigenvalue weighted by molar-refractivity contribution is 7.91. The van der Waals surface area contributed by atoms with E-state index in [4.69, 9.17) is 4.42 Å². The van der Waals surface area contributed by atoms with E-state index in [-0.39, 0.29) is 27.5 Å². The summed E-state index contributed by atoms with van der Waals surface area (Å²) >= 11 is 0.735. The lowest BCUT2D eigenvalue weighted by atomic mass is 10.2. The molecule has 1 aromatic carbocycles. The largest absolute Gasteiger partial charge is 0.457 e. The number of hydrogen-bond donors (Lipinski definition) is 1. The molecule has 3 rings (SSSR count). The number of sulfone groups is 1. The van der Waals surface area contributed by atoms with Crippen LogP contribution in [0.1, 0.15) is 19.6 Å². The number of carbonyl (C=O) groups excluding carboxylic acids is 1. The van der Waals surface area contributed by atoms with Gasteiger partial charge in [0.05, 0.1) is 5.75 Å². The minimum absolute atomic E-state index is 0.00657. The maximum atomic E-state index is 12.4. The van der Waals surface area contributed by atoms with Crippen LogP contribution in [0.3, 0.4) is 0 Å². The lowest BCUT2D eigenvalue weighted by molar-refractivity contribution is -0.112. The highest BCUT2D eigenvalue weighted by Crippen LogP contribution is 2.23. The van der Waals surface area contributed by atoms with Gasteiger partial charge in [-0.25, -0.2) is 8.42 Å². The molecule has 0 radical (unpaired) electrons. The first-order chi connectivity index (χ1) is 14.3. The molecule has 0 aliphatic carbocycles. The number of amides is 1. The Bertz CT molecular complexity index is 1220. The maximum absolute atomic E-state index is 12.4. The van der Waals surface area contributed by atoms with E-state index in [0.717, 1.165) is 17.1 Å². The van der Waals surface area contributed by atoms with Crippen LogP contribution in [-0.2, 0) is 14.6 Å². The van der Waals surface area contributed by atoms with Gasteiger partial charge in [0.25, 0.3) is 11.1 Å². The van der Waals surface area contributed by atoms with Crippen LogP contribution in [0.4, 0.5) is 5.13 Å². The minimum atomic E-state index is -3.63. The van der Waals surface area contributed by atoms with Crippen molar-refractivity contribution in [3.8, 4) is 17.4 Å². The molecular formula is C20H18N4O4S2. The van der Waals surface area contributed by atoms with Crippen molar-refractivity contribution in [1.82, 2.24) is 9.36 Å². The Kier molecular flexibility index (Phi) is 6.44. The van der Waals surface area contributed by atoms with Gasteiger partial charge >= 0.3 is 0 Å². The van der Waals surface area contributed by atoms with Crippen LogP contribution in [-0.4, -0.2) is 29.4 Å². The number of carbonyl (C=O) groups is 1. The quantitative estimate of drug-likeness (QED) is 0.436. The van der Waals surface area contributed by atoms with Gasteiger partial charge in [0, 0.05) is 23.2 Å². The number of nitrogens with zero attached hydrogens (tertiary/aromatic N) is 3. The van der Waals surface area contributed by atoms with Gasteiger partial charge in [0.15, 0.2) is 0 Å². The van der Waals surface area contributed by atoms with E-state index in [0.29, 0.717) is 11.5 Å². The first kappa shape index (κ1) is 21.4. The topological polar surface area (TPSA) is 126 Å². The lowest BCUT2D eigenvalue weighted by Gasteiger charge is -2.02. The number of anilines is 1. The third-order valence-electron chi connectivity index (χ3n) is 3.80. The molecule has 8 nitrogen and oxygen atoms in total. The van der Waals surface area contributed by atoms with Gasteiger partial charge in [0.1, 0.15) is 23.2 Å². The second kappa shape index (κ2) is 9.02. The zero-order valence-corrected chi connectivity index (χ0v) is 17.8. The van der Waals surface area contributed by atoms with Crippen molar-refractivity contribution in [2.75, 3.05) is 11.1 Å². The monoisotopic (exact) mass is 442 g/mol. The van der Waals surface area contributed by atoms with Crippen LogP contribution < -0.4 is 5.32 Å². The number of rotatable bonds is 7. The summed E-state index contributed by atoms with van der Waals surface area (Å²) in [6.07, 6.45) is 1.30. The minimum Gasteiger partial charge on any atom is -0.457 e. The summed E-state index contributed by atoms with van der Waals surface area (Å²) in [4.78, 5) is 16.3. The van der Waals surface area contributed by atoms with Gasteiger partial charge in [-0.2, -0.15) is 14.6 Å². The van der Waals surface area contributed by atoms with Crippen molar-refractivity contribution in [2.45, 2.75) is 19.0 Å². The summed E-state index contributed by atoms with van der Waals surface area (Å²) in [5.74, 6) is 0.0162. The Labute approximate surface area is 178 Å². The Balaban J connectivity index is 1.75. The molecule has 2 aromatic heterocycles. The van der Waals surface area contributed by atoms with Crippen molar-refractivity contribution < 1.29 is 17.6 Å². The number of hydrogen-bond acceptors (Lipinski definition) is 8. The van der Waals surface area contributed by atoms with Gasteiger partial charge in [-0.3, -0.25) is 10.1 Å². The molecule has 0 spiro atoms. The highest BCUT2D eigenvalue weighted by Gasteiger charge is 2.23. The Morgan fingerprint density at radius 1 is 1.27 bits per heavy atom. The zero-order valence-electron chi connectivity index (χ0n) is 16.2. The number of benzene rings is 1. The molecular weight excluding hydrogens is 424 g/mol. The molecule has 3 aromatic rings. The average molecular weight is 443 g/mol. The van der Waals surface area contributed by atoms with Crippen LogP contribution in [0.5, 0.6) is 0 Å². The third-order valence-corrected chi connectivity index (χ3v) is 6.39. The third kappa shape index (κ3) is 5.20. The fourth-order valence-electron chi connectivity index (χ4n) is 2.54. The SMILES string of the molecule is CC(C)CS(=O)(=O)c1nsc(NC(=O)/C(C#N)=C\c2ccc(-c3ccccc3)o2)n1. The van der Waals surface area contributed by atoms with Gasteiger partial charge in [0.2, 0.25) is 15.0 Å². The van der Waals surface area contributed by atoms with Crippen molar-refractivity contribution in [3.63, 3.8) is 0 Å². The standard InChI is InChI=1S/C20H18N4O4S2/c1-13(2)12-30(26,27)20-23-19(29-24-20)22-18(25)15(11-21)10-16-8-9-17(28-16)14-6-4-3-5-7-14/h3-10,13H,12H2,1-2H3,(H,22,23,24,25)/b15-10-. The fourth-order valence-corrected chi connectivity index (χ4v) is 4.90. The highest BCUT2D eigenvalue weighted by atomic mass is 32.2. The van der Waals surface area contributed by atoms with E-state index < -0.39 is 15.7 Å². The van der Waals surface area contributed by atoms with Gasteiger partial charge < -0.3 is 4.42 Å². The summed E-state index contributed by atoms with van der Waals surface area (Å²) in [6.45, 7) is 3.54. The van der Waals surface area contributed by atoms with Crippen molar-refractivity contribution in [2.24, 2.45) is 5.92 Å². The van der Waals surface area contributed by atoms with Crippen molar-refractivity contribution >= 4 is 38.5 Å².